The van der Waals surface area contributed by atoms with E-state index >= 15 is 0 Å². The van der Waals surface area contributed by atoms with Crippen LogP contribution < -0.4 is 5.32 Å². The maximum Gasteiger partial charge on any atom is 0.313 e. The molecule has 0 aromatic carbocycles. The Kier molecular flexibility index (Phi) is 4.36. The van der Waals surface area contributed by atoms with Crippen molar-refractivity contribution >= 4 is 27.4 Å². The predicted molar refractivity (Wildman–Crippen MR) is 57.4 cm³/mol. The van der Waals surface area contributed by atoms with Gasteiger partial charge in [0.15, 0.2) is 14.5 Å². The Balaban J connectivity index is 2.59. The maximum atomic E-state index is 12.5. The van der Waals surface area contributed by atoms with Gasteiger partial charge in [0.1, 0.15) is 6.33 Å². The zero-order valence-corrected chi connectivity index (χ0v) is 9.96. The molecule has 0 saturated carbocycles. The molecule has 9 heteroatoms. The van der Waals surface area contributed by atoms with E-state index in [1.165, 1.54) is 6.92 Å². The van der Waals surface area contributed by atoms with E-state index in [-0.39, 0.29) is 18.2 Å². The molecule has 6 nitrogen and oxygen atoms in total. The van der Waals surface area contributed by atoms with Gasteiger partial charge in [0.05, 0.1) is 0 Å². The lowest BCUT2D eigenvalue weighted by Crippen LogP contribution is -2.26. The second-order valence-electron chi connectivity index (χ2n) is 2.82. The molecular formula is C7H10ClFN4O2S. The van der Waals surface area contributed by atoms with Gasteiger partial charge in [-0.15, -0.1) is 11.6 Å². The van der Waals surface area contributed by atoms with Crippen LogP contribution in [0, 0.1) is 6.08 Å². The molecule has 90 valence electrons. The molecule has 1 aromatic rings. The summed E-state index contributed by atoms with van der Waals surface area (Å²) in [4.78, 5) is 10.0. The molecule has 1 N–H and O–H groups in total. The second-order valence-corrected chi connectivity index (χ2v) is 6.08. The summed E-state index contributed by atoms with van der Waals surface area (Å²) in [7, 11) is -3.34. The van der Waals surface area contributed by atoms with Crippen molar-refractivity contribution in [1.82, 2.24) is 15.0 Å². The van der Waals surface area contributed by atoms with Gasteiger partial charge >= 0.3 is 6.08 Å². The molecule has 0 spiro atoms. The summed E-state index contributed by atoms with van der Waals surface area (Å²) in [6.45, 7) is 1.40. The highest BCUT2D eigenvalue weighted by atomic mass is 35.5. The fourth-order valence-corrected chi connectivity index (χ4v) is 1.99. The Labute approximate surface area is 97.2 Å². The molecule has 1 aromatic heterocycles. The lowest BCUT2D eigenvalue weighted by atomic mass is 10.7. The van der Waals surface area contributed by atoms with Crippen molar-refractivity contribution in [3.63, 3.8) is 0 Å². The average Bonchev–Trinajstić information content (AvgIpc) is 2.26. The van der Waals surface area contributed by atoms with Crippen LogP contribution in [0.3, 0.4) is 0 Å². The van der Waals surface area contributed by atoms with E-state index in [2.05, 4.69) is 20.3 Å². The molecule has 0 aliphatic carbocycles. The van der Waals surface area contributed by atoms with Crippen molar-refractivity contribution in [2.75, 3.05) is 17.6 Å². The SMILES string of the molecule is CCS(=O)(=O)C(Cl)CNc1ncnc(F)n1. The van der Waals surface area contributed by atoms with Gasteiger partial charge in [-0.05, 0) is 0 Å². The van der Waals surface area contributed by atoms with Crippen LogP contribution >= 0.6 is 11.6 Å². The topological polar surface area (TPSA) is 84.8 Å². The molecule has 1 unspecified atom stereocenters. The molecular weight excluding hydrogens is 259 g/mol. The quantitative estimate of drug-likeness (QED) is 0.779. The molecule has 1 atom stereocenters. The number of nitrogens with one attached hydrogen (secondary N) is 1. The van der Waals surface area contributed by atoms with Gasteiger partial charge in [0.2, 0.25) is 5.95 Å². The Hall–Kier alpha value is -1.02. The van der Waals surface area contributed by atoms with Crippen molar-refractivity contribution in [1.29, 1.82) is 0 Å². The number of hydrogen-bond acceptors (Lipinski definition) is 6. The molecule has 1 heterocycles. The van der Waals surface area contributed by atoms with E-state index in [0.29, 0.717) is 0 Å². The van der Waals surface area contributed by atoms with Crippen molar-refractivity contribution in [2.45, 2.75) is 11.6 Å². The fraction of sp³-hybridized carbons (Fsp3) is 0.571. The maximum absolute atomic E-state index is 12.5. The van der Waals surface area contributed by atoms with Crippen LogP contribution in [-0.2, 0) is 9.84 Å². The van der Waals surface area contributed by atoms with Crippen LogP contribution in [0.4, 0.5) is 10.3 Å². The highest BCUT2D eigenvalue weighted by molar-refractivity contribution is 7.93. The van der Waals surface area contributed by atoms with Gasteiger partial charge in [-0.25, -0.2) is 13.4 Å². The number of sulfone groups is 1. The van der Waals surface area contributed by atoms with E-state index in [9.17, 15) is 12.8 Å². The summed E-state index contributed by atoms with van der Waals surface area (Å²) in [6, 6.07) is 0. The highest BCUT2D eigenvalue weighted by Crippen LogP contribution is 2.08. The summed E-state index contributed by atoms with van der Waals surface area (Å²) in [6.07, 6.45) is 0.0318. The number of alkyl halides is 1. The molecule has 0 radical (unpaired) electrons. The van der Waals surface area contributed by atoms with Crippen LogP contribution in [0.15, 0.2) is 6.33 Å². The third-order valence-corrected chi connectivity index (χ3v) is 4.47. The number of anilines is 1. The highest BCUT2D eigenvalue weighted by Gasteiger charge is 2.20. The van der Waals surface area contributed by atoms with Gasteiger partial charge in [0, 0.05) is 12.3 Å². The summed E-state index contributed by atoms with van der Waals surface area (Å²) >= 11 is 5.65. The first-order valence-electron chi connectivity index (χ1n) is 4.39. The molecule has 0 aliphatic rings. The van der Waals surface area contributed by atoms with Gasteiger partial charge < -0.3 is 5.32 Å². The minimum absolute atomic E-state index is 0.0514. The van der Waals surface area contributed by atoms with Crippen LogP contribution in [0.2, 0.25) is 0 Å². The third kappa shape index (κ3) is 3.53. The van der Waals surface area contributed by atoms with Crippen LogP contribution in [-0.4, -0.2) is 40.4 Å². The second kappa shape index (κ2) is 5.35. The minimum atomic E-state index is -3.34. The van der Waals surface area contributed by atoms with E-state index in [0.717, 1.165) is 6.33 Å². The van der Waals surface area contributed by atoms with Crippen LogP contribution in [0.25, 0.3) is 0 Å². The third-order valence-electron chi connectivity index (χ3n) is 1.76. The predicted octanol–water partition coefficient (Wildman–Crippen LogP) is 0.422. The fourth-order valence-electron chi connectivity index (χ4n) is 0.841. The number of aromatic nitrogens is 3. The lowest BCUT2D eigenvalue weighted by molar-refractivity contribution is 0.534. The van der Waals surface area contributed by atoms with Gasteiger partial charge in [-0.1, -0.05) is 6.92 Å². The largest absolute Gasteiger partial charge is 0.352 e. The van der Waals surface area contributed by atoms with Crippen molar-refractivity contribution in [3.05, 3.63) is 12.4 Å². The normalized spacial score (nSPS) is 13.4. The van der Waals surface area contributed by atoms with E-state index in [4.69, 9.17) is 11.6 Å². The zero-order chi connectivity index (χ0) is 12.2. The Morgan fingerprint density at radius 2 is 2.25 bits per heavy atom. The number of rotatable bonds is 5. The molecule has 0 bridgehead atoms. The zero-order valence-electron chi connectivity index (χ0n) is 8.39. The molecule has 0 aliphatic heterocycles. The molecule has 16 heavy (non-hydrogen) atoms. The van der Waals surface area contributed by atoms with Crippen LogP contribution in [0.5, 0.6) is 0 Å². The molecule has 0 fully saturated rings. The smallest absolute Gasteiger partial charge is 0.313 e. The van der Waals surface area contributed by atoms with Crippen molar-refractivity contribution in [2.24, 2.45) is 0 Å². The monoisotopic (exact) mass is 268 g/mol. The Morgan fingerprint density at radius 1 is 1.56 bits per heavy atom. The Bertz CT molecular complexity index is 455. The van der Waals surface area contributed by atoms with Crippen LogP contribution in [0.1, 0.15) is 6.92 Å². The van der Waals surface area contributed by atoms with E-state index in [1.807, 2.05) is 0 Å². The first-order chi connectivity index (χ1) is 7.45. The number of nitrogens with zero attached hydrogens (tertiary/aromatic N) is 3. The average molecular weight is 269 g/mol. The first-order valence-corrected chi connectivity index (χ1v) is 6.55. The van der Waals surface area contributed by atoms with Gasteiger partial charge in [-0.2, -0.15) is 14.4 Å². The lowest BCUT2D eigenvalue weighted by Gasteiger charge is -2.09. The number of halogens is 2. The van der Waals surface area contributed by atoms with E-state index in [1.54, 1.807) is 0 Å². The number of hydrogen-bond donors (Lipinski definition) is 1. The van der Waals surface area contributed by atoms with Gasteiger partial charge in [0.25, 0.3) is 0 Å². The standard InChI is InChI=1S/C7H10ClFN4O2S/c1-2-16(14,15)5(8)3-10-7-12-4-11-6(9)13-7/h4-5H,2-3H2,1H3,(H,10,11,12,13). The summed E-state index contributed by atoms with van der Waals surface area (Å²) < 4.78 is 34.0. The Morgan fingerprint density at radius 3 is 2.81 bits per heavy atom. The van der Waals surface area contributed by atoms with Gasteiger partial charge in [-0.3, -0.25) is 0 Å². The summed E-state index contributed by atoms with van der Waals surface area (Å²) in [5.41, 5.74) is 0. The first kappa shape index (κ1) is 13.0. The minimum Gasteiger partial charge on any atom is -0.352 e. The summed E-state index contributed by atoms with van der Waals surface area (Å²) in [5, 5.41) is 2.51. The summed E-state index contributed by atoms with van der Waals surface area (Å²) in [5.74, 6) is -0.113. The molecule has 0 amide bonds. The molecule has 0 saturated heterocycles. The van der Waals surface area contributed by atoms with Crippen molar-refractivity contribution in [3.8, 4) is 0 Å². The van der Waals surface area contributed by atoms with E-state index < -0.39 is 20.6 Å². The molecule has 1 rings (SSSR count). The van der Waals surface area contributed by atoms with Crippen molar-refractivity contribution < 1.29 is 12.8 Å².